The Bertz CT molecular complexity index is 2850. The number of nitrogens with one attached hydrogen (secondary N) is 3. The van der Waals surface area contributed by atoms with Gasteiger partial charge in [0, 0.05) is 4.91 Å². The molecule has 3 heterocycles. The van der Waals surface area contributed by atoms with Crippen LogP contribution in [-0.2, 0) is 100 Å². The number of alkyl carbamates (subject to hydrolysis) is 3. The van der Waals surface area contributed by atoms with Crippen molar-refractivity contribution < 1.29 is 114 Å². The molecule has 0 aromatic heterocycles. The van der Waals surface area contributed by atoms with Gasteiger partial charge in [-0.15, -0.1) is 0 Å². The number of hydrogen-bond acceptors (Lipinski definition) is 25. The van der Waals surface area contributed by atoms with Gasteiger partial charge < -0.3 is 96.5 Å². The van der Waals surface area contributed by atoms with Gasteiger partial charge in [0.2, 0.25) is 6.29 Å². The van der Waals surface area contributed by atoms with E-state index in [1.165, 1.54) is 0 Å². The topological polar surface area (TPSA) is 361 Å². The predicted molar refractivity (Wildman–Crippen MR) is 298 cm³/mol. The van der Waals surface area contributed by atoms with Crippen molar-refractivity contribution in [1.29, 1.82) is 0 Å². The summed E-state index contributed by atoms with van der Waals surface area (Å²) in [5, 5.41) is 11.8. The van der Waals surface area contributed by atoms with Gasteiger partial charge in [0.1, 0.15) is 49.9 Å². The third-order valence-corrected chi connectivity index (χ3v) is 14.4. The summed E-state index contributed by atoms with van der Waals surface area (Å²) in [5.41, 5.74) is 11.2. The second-order valence-electron chi connectivity index (χ2n) is 20.2. The third kappa shape index (κ3) is 18.6. The molecule has 0 spiro atoms. The standard InChI is InChI=1S/C58H72N6O24/c1-8-39-44(86-56(69)73-5)46(87-57(70)74-6)41(63-54(67)78-31-35-23-17-12-18-24-35)50(80-39)83-45-40(9-2)81-51(48(45)88-58(71)75-7)84-47-42(32(3)27-38(43(47)85-55(68)72-4)62-53(66)77-30-34-21-15-11-16-22-34)82-49-37(26-25-36(79-49)28-60-64-59)61-52(65)76-29-33-19-13-10-14-20-33/h10-25,32,37-51H,8-9,26-31H2,1-7H3,(H,61,65)(H,62,66)(H,63,67)/t32-,37+,38+,39?,40+,41+,42+,43-,44+,45+,46+,47-,48+,49+,50+,51-/m0/s1. The van der Waals surface area contributed by atoms with E-state index < -0.39 is 141 Å². The fraction of sp³-hybridized carbons (Fsp3) is 0.534. The van der Waals surface area contributed by atoms with Crippen LogP contribution in [0.1, 0.15) is 63.1 Å². The molecule has 7 rings (SSSR count). The largest absolute Gasteiger partial charge is 0.508 e. The Labute approximate surface area is 505 Å². The highest BCUT2D eigenvalue weighted by Crippen LogP contribution is 2.40. The quantitative estimate of drug-likeness (QED) is 0.0267. The number of benzene rings is 3. The van der Waals surface area contributed by atoms with E-state index in [0.717, 1.165) is 28.4 Å². The molecule has 1 saturated carbocycles. The number of carbonyl (C=O) groups is 7. The molecule has 2 saturated heterocycles. The zero-order chi connectivity index (χ0) is 63.1. The van der Waals surface area contributed by atoms with Crippen LogP contribution < -0.4 is 16.0 Å². The van der Waals surface area contributed by atoms with E-state index in [9.17, 15) is 39.1 Å². The number of amides is 3. The second-order valence-corrected chi connectivity index (χ2v) is 20.2. The summed E-state index contributed by atoms with van der Waals surface area (Å²) in [6, 6.07) is 22.5. The smallest absolute Gasteiger partial charge is 0.467 e. The average molecular weight is 1240 g/mol. The monoisotopic (exact) mass is 1240 g/mol. The van der Waals surface area contributed by atoms with Crippen molar-refractivity contribution in [3.05, 3.63) is 130 Å². The lowest BCUT2D eigenvalue weighted by atomic mass is 9.80. The molecule has 88 heavy (non-hydrogen) atoms. The highest BCUT2D eigenvalue weighted by Gasteiger charge is 2.58. The Morgan fingerprint density at radius 3 is 1.45 bits per heavy atom. The minimum atomic E-state index is -1.77. The van der Waals surface area contributed by atoms with Crippen molar-refractivity contribution in [3.8, 4) is 0 Å². The van der Waals surface area contributed by atoms with E-state index in [1.807, 2.05) is 6.07 Å². The Balaban J connectivity index is 1.27. The molecule has 16 atom stereocenters. The molecule has 0 radical (unpaired) electrons. The molecular formula is C58H72N6O24. The number of ether oxygens (including phenoxy) is 17. The first-order chi connectivity index (χ1) is 42.6. The fourth-order valence-electron chi connectivity index (χ4n) is 10.2. The summed E-state index contributed by atoms with van der Waals surface area (Å²) in [6.45, 7) is 4.32. The van der Waals surface area contributed by atoms with E-state index >= 15 is 0 Å². The van der Waals surface area contributed by atoms with Gasteiger partial charge in [-0.25, -0.2) is 33.6 Å². The van der Waals surface area contributed by atoms with Gasteiger partial charge in [0.25, 0.3) is 0 Å². The maximum Gasteiger partial charge on any atom is 0.508 e. The van der Waals surface area contributed by atoms with Crippen LogP contribution in [-0.4, -0.2) is 170 Å². The number of azide groups is 1. The molecular weight excluding hydrogens is 1160 g/mol. The Kier molecular flexibility index (Phi) is 25.3. The average Bonchev–Trinajstić information content (AvgIpc) is 2.05. The van der Waals surface area contributed by atoms with Crippen LogP contribution in [0.5, 0.6) is 0 Å². The van der Waals surface area contributed by atoms with Crippen molar-refractivity contribution in [3.63, 3.8) is 0 Å². The highest BCUT2D eigenvalue weighted by molar-refractivity contribution is 5.69. The highest BCUT2D eigenvalue weighted by atomic mass is 16.8. The second kappa shape index (κ2) is 33.4. The molecule has 3 amide bonds. The summed E-state index contributed by atoms with van der Waals surface area (Å²) in [4.78, 5) is 96.9. The van der Waals surface area contributed by atoms with E-state index in [4.69, 9.17) is 80.5 Å². The Hall–Kier alpha value is -8.80. The minimum absolute atomic E-state index is 0.0236. The maximum absolute atomic E-state index is 13.9. The number of hydrogen-bond donors (Lipinski definition) is 3. The molecule has 3 aliphatic heterocycles. The molecule has 4 aliphatic rings. The SMILES string of the molecule is CCC1O[C@H](O[C@H]2[C@@H](OC(=O)OC)[C@H](O[C@@H]3[C@@H](OC(=O)OC)[C@H](NC(=O)OCc4ccccc4)C[C@H](C)[C@H]3O[C@H]3OC(CN=[N+]=[N-])=CC[C@H]3NC(=O)OCc3ccccc3)O[C@@H]2CC)[C@H](NC(=O)OCc2ccccc2)[C@@H](OC(=O)OC)[C@@H]1OC(=O)OC. The molecule has 3 aromatic rings. The lowest BCUT2D eigenvalue weighted by Crippen LogP contribution is -2.67. The van der Waals surface area contributed by atoms with Crippen molar-refractivity contribution in [2.75, 3.05) is 35.0 Å². The van der Waals surface area contributed by atoms with Crippen LogP contribution in [0.3, 0.4) is 0 Å². The molecule has 3 aromatic carbocycles. The van der Waals surface area contributed by atoms with Gasteiger partial charge in [-0.05, 0) is 59.9 Å². The van der Waals surface area contributed by atoms with Crippen molar-refractivity contribution in [1.82, 2.24) is 16.0 Å². The van der Waals surface area contributed by atoms with E-state index in [2.05, 4.69) is 26.0 Å². The van der Waals surface area contributed by atoms with Crippen LogP contribution in [0.15, 0.2) is 108 Å². The zero-order valence-electron chi connectivity index (χ0n) is 49.3. The molecule has 0 bridgehead atoms. The summed E-state index contributed by atoms with van der Waals surface area (Å²) < 4.78 is 99.6. The molecule has 3 N–H and O–H groups in total. The van der Waals surface area contributed by atoms with Gasteiger partial charge in [-0.1, -0.05) is 117 Å². The van der Waals surface area contributed by atoms with E-state index in [0.29, 0.717) is 16.7 Å². The van der Waals surface area contributed by atoms with Crippen LogP contribution in [0.25, 0.3) is 10.4 Å². The van der Waals surface area contributed by atoms with Gasteiger partial charge in [-0.2, -0.15) is 0 Å². The first-order valence-corrected chi connectivity index (χ1v) is 28.1. The van der Waals surface area contributed by atoms with Crippen LogP contribution in [0, 0.1) is 5.92 Å². The van der Waals surface area contributed by atoms with Gasteiger partial charge in [0.05, 0.1) is 59.3 Å². The molecule has 1 unspecified atom stereocenters. The van der Waals surface area contributed by atoms with E-state index in [-0.39, 0.29) is 57.8 Å². The van der Waals surface area contributed by atoms with Gasteiger partial charge in [-0.3, -0.25) is 0 Å². The fourth-order valence-corrected chi connectivity index (χ4v) is 10.2. The summed E-state index contributed by atoms with van der Waals surface area (Å²) in [5.74, 6) is -0.575. The predicted octanol–water partition coefficient (Wildman–Crippen LogP) is 7.88. The van der Waals surface area contributed by atoms with Crippen LogP contribution in [0.4, 0.5) is 33.6 Å². The first kappa shape index (κ1) is 66.7. The van der Waals surface area contributed by atoms with Crippen LogP contribution >= 0.6 is 0 Å². The zero-order valence-corrected chi connectivity index (χ0v) is 49.3. The lowest BCUT2D eigenvalue weighted by Gasteiger charge is -2.47. The Morgan fingerprint density at radius 1 is 0.523 bits per heavy atom. The number of methoxy groups -OCH3 is 4. The van der Waals surface area contributed by atoms with Crippen molar-refractivity contribution in [2.45, 2.75) is 158 Å². The maximum atomic E-state index is 13.9. The molecule has 30 heteroatoms. The van der Waals surface area contributed by atoms with Crippen LogP contribution in [0.2, 0.25) is 0 Å². The van der Waals surface area contributed by atoms with Gasteiger partial charge in [0.15, 0.2) is 37.0 Å². The third-order valence-electron chi connectivity index (χ3n) is 14.4. The summed E-state index contributed by atoms with van der Waals surface area (Å²) in [6.07, 6.45) is -24.3. The molecule has 1 aliphatic carbocycles. The van der Waals surface area contributed by atoms with Crippen molar-refractivity contribution >= 4 is 42.9 Å². The molecule has 30 nitrogen and oxygen atoms in total. The van der Waals surface area contributed by atoms with Crippen molar-refractivity contribution in [2.24, 2.45) is 11.0 Å². The lowest BCUT2D eigenvalue weighted by molar-refractivity contribution is -0.289. The molecule has 3 fully saturated rings. The van der Waals surface area contributed by atoms with Gasteiger partial charge >= 0.3 is 42.9 Å². The summed E-state index contributed by atoms with van der Waals surface area (Å²) >= 11 is 0. The first-order valence-electron chi connectivity index (χ1n) is 28.1. The van der Waals surface area contributed by atoms with E-state index in [1.54, 1.807) is 112 Å². The normalized spacial score (nSPS) is 28.0. The summed E-state index contributed by atoms with van der Waals surface area (Å²) in [7, 11) is 4.16. The minimum Gasteiger partial charge on any atom is -0.467 e. The number of carbonyl (C=O) groups excluding carboxylic acids is 7. The number of rotatable bonds is 23. The Morgan fingerprint density at radius 2 is 0.955 bits per heavy atom. The number of nitrogens with zero attached hydrogens (tertiary/aromatic N) is 3. The molecule has 478 valence electrons.